The Balaban J connectivity index is 1.61. The van der Waals surface area contributed by atoms with E-state index in [0.29, 0.717) is 26.0 Å². The molecule has 3 rings (SSSR count). The summed E-state index contributed by atoms with van der Waals surface area (Å²) < 4.78 is 6.02. The van der Waals surface area contributed by atoms with Gasteiger partial charge in [0.05, 0.1) is 23.9 Å². The molecule has 1 amide bonds. The Morgan fingerprint density at radius 3 is 2.45 bits per heavy atom. The number of carboxylic acid groups (broad SMARTS) is 1. The maximum atomic E-state index is 13.2. The Labute approximate surface area is 195 Å². The number of nitriles is 1. The van der Waals surface area contributed by atoms with E-state index in [0.717, 1.165) is 37.0 Å². The monoisotopic (exact) mass is 448 g/mol. The summed E-state index contributed by atoms with van der Waals surface area (Å²) in [5, 5.41) is 18.0. The molecule has 0 bridgehead atoms. The molecule has 1 aliphatic rings. The van der Waals surface area contributed by atoms with Gasteiger partial charge in [0, 0.05) is 13.0 Å². The Hall–Kier alpha value is -3.33. The van der Waals surface area contributed by atoms with Crippen LogP contribution < -0.4 is 4.74 Å². The zero-order valence-electron chi connectivity index (χ0n) is 19.2. The topological polar surface area (TPSA) is 90.6 Å². The highest BCUT2D eigenvalue weighted by Crippen LogP contribution is 2.39. The van der Waals surface area contributed by atoms with E-state index >= 15 is 0 Å². The summed E-state index contributed by atoms with van der Waals surface area (Å²) in [6.45, 7) is 2.67. The number of aliphatic carboxylic acids is 1. The molecule has 1 saturated heterocycles. The summed E-state index contributed by atoms with van der Waals surface area (Å²) in [6, 6.07) is 20.0. The number of ether oxygens (including phenoxy) is 1. The van der Waals surface area contributed by atoms with Crippen molar-refractivity contribution in [3.8, 4) is 11.8 Å². The second kappa shape index (κ2) is 11.5. The van der Waals surface area contributed by atoms with Crippen molar-refractivity contribution in [2.45, 2.75) is 57.9 Å². The molecular weight excluding hydrogens is 416 g/mol. The van der Waals surface area contributed by atoms with Crippen LogP contribution in [0.3, 0.4) is 0 Å². The van der Waals surface area contributed by atoms with Crippen LogP contribution >= 0.6 is 0 Å². The maximum absolute atomic E-state index is 13.2. The van der Waals surface area contributed by atoms with Gasteiger partial charge in [-0.2, -0.15) is 5.26 Å². The summed E-state index contributed by atoms with van der Waals surface area (Å²) in [6.07, 6.45) is 4.20. The Bertz CT molecular complexity index is 968. The van der Waals surface area contributed by atoms with Gasteiger partial charge in [-0.15, -0.1) is 0 Å². The average molecular weight is 449 g/mol. The van der Waals surface area contributed by atoms with Crippen molar-refractivity contribution in [1.29, 1.82) is 5.26 Å². The van der Waals surface area contributed by atoms with Crippen molar-refractivity contribution >= 4 is 11.9 Å². The van der Waals surface area contributed by atoms with Gasteiger partial charge in [0.25, 0.3) is 0 Å². The van der Waals surface area contributed by atoms with Crippen LogP contribution in [-0.4, -0.2) is 41.1 Å². The third kappa shape index (κ3) is 6.82. The largest absolute Gasteiger partial charge is 0.491 e. The fraction of sp³-hybridized carbons (Fsp3) is 0.444. The SMILES string of the molecule is C[C@@]1(CC(=O)O)C[C@@H](COc2ccc(CCCC#N)cc2)N(CCCc2ccccc2)C1=O. The molecule has 174 valence electrons. The molecule has 2 aromatic carbocycles. The molecule has 2 aromatic rings. The van der Waals surface area contributed by atoms with E-state index in [1.54, 1.807) is 6.92 Å². The van der Waals surface area contributed by atoms with E-state index in [1.165, 1.54) is 5.56 Å². The number of likely N-dealkylation sites (tertiary alicyclic amines) is 1. The molecule has 0 spiro atoms. The average Bonchev–Trinajstić information content (AvgIpc) is 3.03. The molecule has 0 saturated carbocycles. The first-order chi connectivity index (χ1) is 15.9. The minimum absolute atomic E-state index is 0.0978. The maximum Gasteiger partial charge on any atom is 0.304 e. The van der Waals surface area contributed by atoms with Gasteiger partial charge < -0.3 is 14.7 Å². The Morgan fingerprint density at radius 2 is 1.79 bits per heavy atom. The summed E-state index contributed by atoms with van der Waals surface area (Å²) >= 11 is 0. The van der Waals surface area contributed by atoms with Crippen LogP contribution in [0.25, 0.3) is 0 Å². The lowest BCUT2D eigenvalue weighted by molar-refractivity contribution is -0.146. The first-order valence-corrected chi connectivity index (χ1v) is 11.6. The molecular formula is C27H32N2O4. The molecule has 0 aromatic heterocycles. The number of rotatable bonds is 12. The normalized spacial score (nSPS) is 19.9. The zero-order valence-corrected chi connectivity index (χ0v) is 19.2. The van der Waals surface area contributed by atoms with E-state index < -0.39 is 11.4 Å². The number of amides is 1. The molecule has 1 aliphatic heterocycles. The van der Waals surface area contributed by atoms with Crippen molar-refractivity contribution in [1.82, 2.24) is 4.90 Å². The number of carbonyl (C=O) groups excluding carboxylic acids is 1. The number of nitrogens with zero attached hydrogens (tertiary/aromatic N) is 2. The van der Waals surface area contributed by atoms with Gasteiger partial charge in [-0.25, -0.2) is 0 Å². The second-order valence-corrected chi connectivity index (χ2v) is 9.04. The van der Waals surface area contributed by atoms with Crippen molar-refractivity contribution in [3.05, 3.63) is 65.7 Å². The molecule has 33 heavy (non-hydrogen) atoms. The molecule has 6 nitrogen and oxygen atoms in total. The highest BCUT2D eigenvalue weighted by molar-refractivity contribution is 5.88. The predicted molar refractivity (Wildman–Crippen MR) is 126 cm³/mol. The van der Waals surface area contributed by atoms with E-state index in [-0.39, 0.29) is 18.4 Å². The quantitative estimate of drug-likeness (QED) is 0.478. The van der Waals surface area contributed by atoms with Gasteiger partial charge in [0.2, 0.25) is 5.91 Å². The lowest BCUT2D eigenvalue weighted by Gasteiger charge is -2.25. The van der Waals surface area contributed by atoms with Crippen LogP contribution in [0.1, 0.15) is 50.2 Å². The van der Waals surface area contributed by atoms with Gasteiger partial charge in [0.15, 0.2) is 0 Å². The molecule has 6 heteroatoms. The number of carbonyl (C=O) groups is 2. The third-order valence-corrected chi connectivity index (χ3v) is 6.27. The minimum atomic E-state index is -0.955. The molecule has 1 fully saturated rings. The third-order valence-electron chi connectivity index (χ3n) is 6.27. The molecule has 0 unspecified atom stereocenters. The lowest BCUT2D eigenvalue weighted by atomic mass is 9.84. The highest BCUT2D eigenvalue weighted by atomic mass is 16.5. The fourth-order valence-corrected chi connectivity index (χ4v) is 4.56. The smallest absolute Gasteiger partial charge is 0.304 e. The standard InChI is InChI=1S/C27H32N2O4/c1-27(19-25(30)31)18-23(20-33-24-14-12-22(13-15-24)10-5-6-16-28)29(26(27)32)17-7-11-21-8-3-2-4-9-21/h2-4,8-9,12-15,23H,5-7,10-11,17-20H2,1H3,(H,30,31)/t23-,27-/m0/s1. The minimum Gasteiger partial charge on any atom is -0.491 e. The predicted octanol–water partition coefficient (Wildman–Crippen LogP) is 4.63. The number of hydrogen-bond acceptors (Lipinski definition) is 4. The summed E-state index contributed by atoms with van der Waals surface area (Å²) in [5.74, 6) is -0.328. The lowest BCUT2D eigenvalue weighted by Crippen LogP contribution is -2.39. The van der Waals surface area contributed by atoms with Gasteiger partial charge >= 0.3 is 5.97 Å². The van der Waals surface area contributed by atoms with Crippen LogP contribution in [0, 0.1) is 16.7 Å². The van der Waals surface area contributed by atoms with Gasteiger partial charge in [-0.3, -0.25) is 9.59 Å². The van der Waals surface area contributed by atoms with E-state index in [2.05, 4.69) is 18.2 Å². The summed E-state index contributed by atoms with van der Waals surface area (Å²) in [4.78, 5) is 26.4. The van der Waals surface area contributed by atoms with E-state index in [1.807, 2.05) is 47.4 Å². The zero-order chi connectivity index (χ0) is 23.7. The molecule has 1 N–H and O–H groups in total. The van der Waals surface area contributed by atoms with Gasteiger partial charge in [-0.05, 0) is 55.4 Å². The number of unbranched alkanes of at least 4 members (excludes halogenated alkanes) is 1. The number of hydrogen-bond donors (Lipinski definition) is 1. The van der Waals surface area contributed by atoms with Crippen LogP contribution in [0.5, 0.6) is 5.75 Å². The van der Waals surface area contributed by atoms with Crippen LogP contribution in [-0.2, 0) is 22.4 Å². The van der Waals surface area contributed by atoms with E-state index in [4.69, 9.17) is 10.00 Å². The highest BCUT2D eigenvalue weighted by Gasteiger charge is 2.49. The molecule has 1 heterocycles. The van der Waals surface area contributed by atoms with Crippen LogP contribution in [0.15, 0.2) is 54.6 Å². The van der Waals surface area contributed by atoms with Gasteiger partial charge in [-0.1, -0.05) is 49.4 Å². The van der Waals surface area contributed by atoms with Crippen molar-refractivity contribution in [2.24, 2.45) is 5.41 Å². The summed E-state index contributed by atoms with van der Waals surface area (Å²) in [7, 11) is 0. The van der Waals surface area contributed by atoms with Crippen molar-refractivity contribution < 1.29 is 19.4 Å². The molecule has 0 radical (unpaired) electrons. The van der Waals surface area contributed by atoms with Crippen LogP contribution in [0.2, 0.25) is 0 Å². The summed E-state index contributed by atoms with van der Waals surface area (Å²) in [5.41, 5.74) is 1.47. The number of carboxylic acids is 1. The first-order valence-electron chi connectivity index (χ1n) is 11.6. The second-order valence-electron chi connectivity index (χ2n) is 9.04. The van der Waals surface area contributed by atoms with Crippen LogP contribution in [0.4, 0.5) is 0 Å². The van der Waals surface area contributed by atoms with Crippen molar-refractivity contribution in [2.75, 3.05) is 13.2 Å². The van der Waals surface area contributed by atoms with Gasteiger partial charge in [0.1, 0.15) is 12.4 Å². The molecule has 0 aliphatic carbocycles. The Morgan fingerprint density at radius 1 is 1.12 bits per heavy atom. The number of benzene rings is 2. The van der Waals surface area contributed by atoms with E-state index in [9.17, 15) is 14.7 Å². The van der Waals surface area contributed by atoms with Crippen molar-refractivity contribution in [3.63, 3.8) is 0 Å². The number of aryl methyl sites for hydroxylation is 2. The molecule has 2 atom stereocenters. The Kier molecular flexibility index (Phi) is 8.48. The fourth-order valence-electron chi connectivity index (χ4n) is 4.56. The first kappa shape index (κ1) is 24.3.